The molecule has 4 fully saturated rings. The molecule has 1 unspecified atom stereocenters. The molecule has 2 heterocycles. The number of hydrogen-bond acceptors (Lipinski definition) is 8. The standard InChI is InChI=1S/C21H28O8/c1-8-10-4-13(10)20(3)7-21(12(5-11(8)20)9(2)18(26)28-21)29-19-17(25)16(24)15(23)14(6-22)27-19/h10-11,13-17,19,22-25H,1,4-7H2,2-3H3/t10-,11+,13?,14-,15-,16+,17-,19+,20-,21-/m1/s1. The van der Waals surface area contributed by atoms with Crippen molar-refractivity contribution in [2.45, 2.75) is 69.6 Å². The highest BCUT2D eigenvalue weighted by molar-refractivity contribution is 5.92. The summed E-state index contributed by atoms with van der Waals surface area (Å²) < 4.78 is 17.4. The summed E-state index contributed by atoms with van der Waals surface area (Å²) >= 11 is 0. The summed E-state index contributed by atoms with van der Waals surface area (Å²) in [7, 11) is 0. The third-order valence-electron chi connectivity index (χ3n) is 8.01. The number of hydrogen-bond donors (Lipinski definition) is 4. The number of aliphatic hydroxyl groups is 4. The molecule has 10 atom stereocenters. The lowest BCUT2D eigenvalue weighted by atomic mass is 9.62. The maximum atomic E-state index is 12.5. The van der Waals surface area contributed by atoms with E-state index < -0.39 is 49.1 Å². The predicted molar refractivity (Wildman–Crippen MR) is 97.9 cm³/mol. The number of rotatable bonds is 3. The van der Waals surface area contributed by atoms with Gasteiger partial charge in [0.15, 0.2) is 6.29 Å². The molecule has 5 aliphatic rings. The van der Waals surface area contributed by atoms with Crippen molar-refractivity contribution in [3.05, 3.63) is 23.3 Å². The van der Waals surface area contributed by atoms with E-state index >= 15 is 0 Å². The molecular formula is C21H28O8. The molecule has 0 spiro atoms. The van der Waals surface area contributed by atoms with Crippen LogP contribution in [0.2, 0.25) is 0 Å². The summed E-state index contributed by atoms with van der Waals surface area (Å²) in [6, 6.07) is 0. The van der Waals surface area contributed by atoms with Crippen molar-refractivity contribution < 1.29 is 39.4 Å². The number of carbonyl (C=O) groups is 1. The van der Waals surface area contributed by atoms with E-state index in [0.29, 0.717) is 30.3 Å². The summed E-state index contributed by atoms with van der Waals surface area (Å²) in [5.74, 6) is -0.637. The first kappa shape index (κ1) is 19.7. The van der Waals surface area contributed by atoms with Crippen LogP contribution in [0.4, 0.5) is 0 Å². The summed E-state index contributed by atoms with van der Waals surface area (Å²) in [5.41, 5.74) is 2.30. The van der Waals surface area contributed by atoms with Gasteiger partial charge >= 0.3 is 5.97 Å². The lowest BCUT2D eigenvalue weighted by Crippen LogP contribution is -2.62. The first-order valence-corrected chi connectivity index (χ1v) is 10.2. The Hall–Kier alpha value is -1.29. The van der Waals surface area contributed by atoms with Gasteiger partial charge in [0.05, 0.1) is 6.61 Å². The molecule has 5 rings (SSSR count). The molecule has 29 heavy (non-hydrogen) atoms. The predicted octanol–water partition coefficient (Wildman–Crippen LogP) is -0.00530. The Bertz CT molecular complexity index is 805. The van der Waals surface area contributed by atoms with Crippen molar-refractivity contribution in [1.82, 2.24) is 0 Å². The number of esters is 1. The van der Waals surface area contributed by atoms with Crippen molar-refractivity contribution in [1.29, 1.82) is 0 Å². The molecule has 160 valence electrons. The van der Waals surface area contributed by atoms with Crippen LogP contribution in [0.5, 0.6) is 0 Å². The number of ether oxygens (including phenoxy) is 3. The van der Waals surface area contributed by atoms with Gasteiger partial charge in [-0.2, -0.15) is 0 Å². The highest BCUT2D eigenvalue weighted by atomic mass is 16.8. The van der Waals surface area contributed by atoms with Crippen LogP contribution in [-0.4, -0.2) is 69.5 Å². The van der Waals surface area contributed by atoms with Gasteiger partial charge in [-0.1, -0.05) is 19.1 Å². The quantitative estimate of drug-likeness (QED) is 0.292. The molecule has 0 aromatic carbocycles. The van der Waals surface area contributed by atoms with E-state index in [1.165, 1.54) is 5.57 Å². The fraction of sp³-hybridized carbons (Fsp3) is 0.762. The summed E-state index contributed by atoms with van der Waals surface area (Å²) in [4.78, 5) is 12.5. The second kappa shape index (κ2) is 6.12. The zero-order valence-corrected chi connectivity index (χ0v) is 16.6. The van der Waals surface area contributed by atoms with Crippen LogP contribution in [-0.2, 0) is 19.0 Å². The summed E-state index contributed by atoms with van der Waals surface area (Å²) in [5, 5.41) is 40.0. The van der Waals surface area contributed by atoms with Crippen LogP contribution in [0.1, 0.15) is 33.1 Å². The van der Waals surface area contributed by atoms with E-state index in [0.717, 1.165) is 12.0 Å². The van der Waals surface area contributed by atoms with Gasteiger partial charge in [0.25, 0.3) is 0 Å². The van der Waals surface area contributed by atoms with Crippen molar-refractivity contribution in [2.24, 2.45) is 23.2 Å². The van der Waals surface area contributed by atoms with Crippen molar-refractivity contribution in [3.63, 3.8) is 0 Å². The minimum absolute atomic E-state index is 0.149. The van der Waals surface area contributed by atoms with Gasteiger partial charge in [0, 0.05) is 17.6 Å². The maximum Gasteiger partial charge on any atom is 0.336 e. The molecule has 3 saturated carbocycles. The third kappa shape index (κ3) is 2.50. The largest absolute Gasteiger partial charge is 0.425 e. The van der Waals surface area contributed by atoms with Crippen molar-refractivity contribution in [3.8, 4) is 0 Å². The molecule has 4 N–H and O–H groups in total. The molecule has 8 heteroatoms. The smallest absolute Gasteiger partial charge is 0.336 e. The normalized spacial score (nSPS) is 53.4. The molecule has 0 aromatic heterocycles. The first-order valence-electron chi connectivity index (χ1n) is 10.2. The van der Waals surface area contributed by atoms with Crippen LogP contribution in [0.15, 0.2) is 23.3 Å². The van der Waals surface area contributed by atoms with Gasteiger partial charge in [-0.3, -0.25) is 0 Å². The Morgan fingerprint density at radius 1 is 1.24 bits per heavy atom. The summed E-state index contributed by atoms with van der Waals surface area (Å²) in [6.45, 7) is 7.64. The second-order valence-corrected chi connectivity index (χ2v) is 9.52. The van der Waals surface area contributed by atoms with E-state index in [-0.39, 0.29) is 11.3 Å². The molecular weight excluding hydrogens is 380 g/mol. The van der Waals surface area contributed by atoms with Crippen LogP contribution in [0, 0.1) is 23.2 Å². The van der Waals surface area contributed by atoms with Crippen LogP contribution in [0.3, 0.4) is 0 Å². The average molecular weight is 408 g/mol. The van der Waals surface area contributed by atoms with E-state index in [1.807, 2.05) is 0 Å². The number of fused-ring (bicyclic) bond motifs is 4. The molecule has 0 bridgehead atoms. The van der Waals surface area contributed by atoms with Gasteiger partial charge in [-0.25, -0.2) is 4.79 Å². The van der Waals surface area contributed by atoms with Gasteiger partial charge in [-0.05, 0) is 42.9 Å². The topological polar surface area (TPSA) is 126 Å². The Balaban J connectivity index is 1.49. The monoisotopic (exact) mass is 408 g/mol. The Kier molecular flexibility index (Phi) is 4.15. The van der Waals surface area contributed by atoms with Gasteiger partial charge in [-0.15, -0.1) is 0 Å². The molecule has 3 aliphatic carbocycles. The fourth-order valence-electron chi connectivity index (χ4n) is 6.24. The van der Waals surface area contributed by atoms with E-state index in [9.17, 15) is 25.2 Å². The Morgan fingerprint density at radius 3 is 2.66 bits per heavy atom. The van der Waals surface area contributed by atoms with Crippen LogP contribution in [0.25, 0.3) is 0 Å². The lowest BCUT2D eigenvalue weighted by Gasteiger charge is -2.50. The van der Waals surface area contributed by atoms with Crippen molar-refractivity contribution >= 4 is 5.97 Å². The molecule has 1 saturated heterocycles. The lowest BCUT2D eigenvalue weighted by molar-refractivity contribution is -0.359. The van der Waals surface area contributed by atoms with E-state index in [4.69, 9.17) is 14.2 Å². The van der Waals surface area contributed by atoms with E-state index in [2.05, 4.69) is 13.5 Å². The maximum absolute atomic E-state index is 12.5. The Morgan fingerprint density at radius 2 is 1.97 bits per heavy atom. The van der Waals surface area contributed by atoms with Gasteiger partial charge in [0.1, 0.15) is 24.4 Å². The summed E-state index contributed by atoms with van der Waals surface area (Å²) in [6.07, 6.45) is -4.96. The molecule has 0 radical (unpaired) electrons. The Labute approximate surface area is 168 Å². The number of carbonyl (C=O) groups excluding carboxylic acids is 1. The minimum atomic E-state index is -1.56. The highest BCUT2D eigenvalue weighted by Crippen LogP contribution is 2.73. The minimum Gasteiger partial charge on any atom is -0.425 e. The zero-order valence-electron chi connectivity index (χ0n) is 16.6. The van der Waals surface area contributed by atoms with E-state index in [1.54, 1.807) is 6.92 Å². The first-order chi connectivity index (χ1) is 13.6. The van der Waals surface area contributed by atoms with Gasteiger partial charge < -0.3 is 34.6 Å². The molecule has 2 aliphatic heterocycles. The van der Waals surface area contributed by atoms with Crippen LogP contribution >= 0.6 is 0 Å². The van der Waals surface area contributed by atoms with Crippen molar-refractivity contribution in [2.75, 3.05) is 6.61 Å². The van der Waals surface area contributed by atoms with Gasteiger partial charge in [0.2, 0.25) is 5.79 Å². The SMILES string of the molecule is C=C1[C@H]2CC2[C@]2(C)C[C@]3(O[C@@H]4O[C@H](CO)[C@@H](O)[C@H](O)[C@H]4O)OC(=O)C(C)=C3C[C@@H]12. The number of allylic oxidation sites excluding steroid dienone is 1. The van der Waals surface area contributed by atoms with Crippen LogP contribution < -0.4 is 0 Å². The molecule has 0 amide bonds. The molecule has 0 aromatic rings. The zero-order chi connectivity index (χ0) is 20.9. The third-order valence-corrected chi connectivity index (χ3v) is 8.01. The second-order valence-electron chi connectivity index (χ2n) is 9.52. The number of aliphatic hydroxyl groups excluding tert-OH is 4. The fourth-order valence-corrected chi connectivity index (χ4v) is 6.24. The molecule has 8 nitrogen and oxygen atoms in total. The highest BCUT2D eigenvalue weighted by Gasteiger charge is 2.70. The average Bonchev–Trinajstić information content (AvgIpc) is 3.41.